The summed E-state index contributed by atoms with van der Waals surface area (Å²) in [4.78, 5) is 24.1. The van der Waals surface area contributed by atoms with Crippen LogP contribution < -0.4 is 0 Å². The minimum absolute atomic E-state index is 0.0204. The predicted octanol–water partition coefficient (Wildman–Crippen LogP) is 4.94. The fourth-order valence-electron chi connectivity index (χ4n) is 8.04. The van der Waals surface area contributed by atoms with E-state index in [9.17, 15) is 9.59 Å². The average molecular weight is 389 g/mol. The number of ether oxygens (including phenoxy) is 1. The van der Waals surface area contributed by atoms with Crippen LogP contribution in [0, 0.1) is 28.6 Å². The van der Waals surface area contributed by atoms with Gasteiger partial charge in [0.2, 0.25) is 0 Å². The summed E-state index contributed by atoms with van der Waals surface area (Å²) in [6.45, 7) is 4.89. The Hall–Kier alpha value is -0.770. The second kappa shape index (κ2) is 5.87. The van der Waals surface area contributed by atoms with Gasteiger partial charge < -0.3 is 4.74 Å². The van der Waals surface area contributed by atoms with E-state index in [-0.39, 0.29) is 22.4 Å². The van der Waals surface area contributed by atoms with Crippen molar-refractivity contribution in [2.45, 2.75) is 82.5 Å². The maximum Gasteiger partial charge on any atom is 0.306 e. The molecule has 7 atom stereocenters. The van der Waals surface area contributed by atoms with Crippen molar-refractivity contribution >= 4 is 23.5 Å². The highest BCUT2D eigenvalue weighted by Gasteiger charge is 2.68. The van der Waals surface area contributed by atoms with Crippen molar-refractivity contribution in [3.8, 4) is 0 Å². The van der Waals surface area contributed by atoms with E-state index in [0.717, 1.165) is 32.1 Å². The highest BCUT2D eigenvalue weighted by Crippen LogP contribution is 2.70. The molecule has 5 rings (SSSR count). The van der Waals surface area contributed by atoms with Crippen molar-refractivity contribution in [3.63, 3.8) is 0 Å². The van der Waals surface area contributed by atoms with E-state index in [2.05, 4.69) is 20.1 Å². The first-order valence-corrected chi connectivity index (χ1v) is 12.1. The first-order valence-electron chi connectivity index (χ1n) is 10.8. The summed E-state index contributed by atoms with van der Waals surface area (Å²) in [5, 5.41) is 0.595. The number of carbonyl (C=O) groups excluding carboxylic acids is 2. The number of hydrogen-bond acceptors (Lipinski definition) is 4. The SMILES string of the molecule is CS[C@@H]1CC2=CC(=O)CC[C@]2(C)[C@H]2CC[C@@]3(C)[C@@H](CC[C@@]34CCC(=O)O4)[C@H]12. The molecule has 1 spiro atoms. The first kappa shape index (κ1) is 18.3. The second-order valence-corrected chi connectivity index (χ2v) is 11.4. The van der Waals surface area contributed by atoms with Crippen molar-refractivity contribution in [1.29, 1.82) is 0 Å². The van der Waals surface area contributed by atoms with Gasteiger partial charge in [0.15, 0.2) is 5.78 Å². The molecule has 0 aromatic carbocycles. The lowest BCUT2D eigenvalue weighted by atomic mass is 9.46. The molecule has 148 valence electrons. The molecule has 27 heavy (non-hydrogen) atoms. The van der Waals surface area contributed by atoms with E-state index in [1.807, 2.05) is 17.8 Å². The van der Waals surface area contributed by atoms with E-state index in [4.69, 9.17) is 4.74 Å². The lowest BCUT2D eigenvalue weighted by Gasteiger charge is -2.61. The number of allylic oxidation sites excluding steroid dienone is 1. The third-order valence-electron chi connectivity index (χ3n) is 9.60. The molecule has 0 aromatic rings. The zero-order valence-electron chi connectivity index (χ0n) is 16.9. The predicted molar refractivity (Wildman–Crippen MR) is 107 cm³/mol. The zero-order chi connectivity index (χ0) is 19.0. The Kier molecular flexibility index (Phi) is 3.97. The monoisotopic (exact) mass is 388 g/mol. The van der Waals surface area contributed by atoms with Crippen LogP contribution in [-0.2, 0) is 14.3 Å². The van der Waals surface area contributed by atoms with Gasteiger partial charge in [-0.15, -0.1) is 0 Å². The molecule has 0 aromatic heterocycles. The van der Waals surface area contributed by atoms with Crippen LogP contribution in [0.4, 0.5) is 0 Å². The minimum atomic E-state index is -0.192. The van der Waals surface area contributed by atoms with Gasteiger partial charge >= 0.3 is 5.97 Å². The fraction of sp³-hybridized carbons (Fsp3) is 0.826. The Morgan fingerprint density at radius 1 is 1.04 bits per heavy atom. The smallest absolute Gasteiger partial charge is 0.306 e. The zero-order valence-corrected chi connectivity index (χ0v) is 17.7. The number of rotatable bonds is 1. The summed E-state index contributed by atoms with van der Waals surface area (Å²) in [5.74, 6) is 2.36. The van der Waals surface area contributed by atoms with Crippen LogP contribution >= 0.6 is 11.8 Å². The molecular formula is C23H32O3S. The van der Waals surface area contributed by atoms with Gasteiger partial charge in [-0.1, -0.05) is 19.4 Å². The van der Waals surface area contributed by atoms with E-state index >= 15 is 0 Å². The van der Waals surface area contributed by atoms with E-state index < -0.39 is 0 Å². The Morgan fingerprint density at radius 2 is 1.81 bits per heavy atom. The Labute approximate surface area is 167 Å². The summed E-state index contributed by atoms with van der Waals surface area (Å²) in [5.41, 5.74) is 1.58. The lowest BCUT2D eigenvalue weighted by molar-refractivity contribution is -0.167. The Balaban J connectivity index is 1.54. The van der Waals surface area contributed by atoms with Crippen molar-refractivity contribution in [3.05, 3.63) is 11.6 Å². The average Bonchev–Trinajstić information content (AvgIpc) is 3.16. The maximum atomic E-state index is 12.1. The molecule has 1 aliphatic heterocycles. The fourth-order valence-corrected chi connectivity index (χ4v) is 9.08. The molecule has 0 unspecified atom stereocenters. The summed E-state index contributed by atoms with van der Waals surface area (Å²) in [6.07, 6.45) is 13.3. The summed E-state index contributed by atoms with van der Waals surface area (Å²) < 4.78 is 6.07. The lowest BCUT2D eigenvalue weighted by Crippen LogP contribution is -2.57. The molecule has 4 fully saturated rings. The number of carbonyl (C=O) groups is 2. The highest BCUT2D eigenvalue weighted by molar-refractivity contribution is 7.99. The van der Waals surface area contributed by atoms with Crippen molar-refractivity contribution in [2.24, 2.45) is 28.6 Å². The molecule has 1 heterocycles. The van der Waals surface area contributed by atoms with Gasteiger partial charge in [-0.05, 0) is 80.4 Å². The van der Waals surface area contributed by atoms with Crippen LogP contribution in [0.15, 0.2) is 11.6 Å². The standard InChI is InChI=1S/C23H32O3S/c1-21-8-4-15(24)12-14(21)13-18(27-3)20-16(21)5-9-22(2)17(20)6-10-23(22)11-7-19(25)26-23/h12,16-18,20H,4-11,13H2,1-3H3/t16-,17-,18+,20+,21-,22-,23+/m0/s1. The van der Waals surface area contributed by atoms with Crippen LogP contribution in [0.25, 0.3) is 0 Å². The van der Waals surface area contributed by atoms with E-state index in [0.29, 0.717) is 35.2 Å². The molecule has 1 saturated heterocycles. The van der Waals surface area contributed by atoms with Gasteiger partial charge in [-0.3, -0.25) is 9.59 Å². The van der Waals surface area contributed by atoms with Gasteiger partial charge in [0.05, 0.1) is 0 Å². The normalized spacial score (nSPS) is 51.4. The summed E-state index contributed by atoms with van der Waals surface area (Å²) in [7, 11) is 0. The molecule has 4 heteroatoms. The van der Waals surface area contributed by atoms with Crippen molar-refractivity contribution in [2.75, 3.05) is 6.26 Å². The van der Waals surface area contributed by atoms with Crippen molar-refractivity contribution < 1.29 is 14.3 Å². The molecule has 0 N–H and O–H groups in total. The Morgan fingerprint density at radius 3 is 2.52 bits per heavy atom. The number of fused-ring (bicyclic) bond motifs is 6. The molecule has 0 amide bonds. The molecular weight excluding hydrogens is 356 g/mol. The van der Waals surface area contributed by atoms with Gasteiger partial charge in [0.1, 0.15) is 5.60 Å². The topological polar surface area (TPSA) is 43.4 Å². The summed E-state index contributed by atoms with van der Waals surface area (Å²) in [6, 6.07) is 0. The first-order chi connectivity index (χ1) is 12.8. The van der Waals surface area contributed by atoms with Gasteiger partial charge in [-0.2, -0.15) is 11.8 Å². The number of esters is 1. The number of thioether (sulfide) groups is 1. The molecule has 0 radical (unpaired) electrons. The molecule has 4 aliphatic carbocycles. The van der Waals surface area contributed by atoms with Gasteiger partial charge in [0.25, 0.3) is 0 Å². The Bertz CT molecular complexity index is 729. The van der Waals surface area contributed by atoms with Gasteiger partial charge in [-0.25, -0.2) is 0 Å². The van der Waals surface area contributed by atoms with Crippen LogP contribution in [0.3, 0.4) is 0 Å². The molecule has 3 saturated carbocycles. The minimum Gasteiger partial charge on any atom is -0.458 e. The van der Waals surface area contributed by atoms with Crippen LogP contribution in [0.5, 0.6) is 0 Å². The highest BCUT2D eigenvalue weighted by atomic mass is 32.2. The van der Waals surface area contributed by atoms with Gasteiger partial charge in [0, 0.05) is 23.5 Å². The van der Waals surface area contributed by atoms with E-state index in [1.54, 1.807) is 0 Å². The van der Waals surface area contributed by atoms with E-state index in [1.165, 1.54) is 24.8 Å². The number of hydrogen-bond donors (Lipinski definition) is 0. The maximum absolute atomic E-state index is 12.1. The second-order valence-electron chi connectivity index (χ2n) is 10.3. The molecule has 3 nitrogen and oxygen atoms in total. The van der Waals surface area contributed by atoms with Crippen LogP contribution in [0.2, 0.25) is 0 Å². The van der Waals surface area contributed by atoms with Crippen LogP contribution in [-0.4, -0.2) is 28.9 Å². The number of ketones is 1. The largest absolute Gasteiger partial charge is 0.458 e. The summed E-state index contributed by atoms with van der Waals surface area (Å²) >= 11 is 2.01. The quantitative estimate of drug-likeness (QED) is 0.597. The van der Waals surface area contributed by atoms with Crippen molar-refractivity contribution in [1.82, 2.24) is 0 Å². The van der Waals surface area contributed by atoms with Crippen LogP contribution in [0.1, 0.15) is 71.6 Å². The third-order valence-corrected chi connectivity index (χ3v) is 10.7. The molecule has 5 aliphatic rings. The molecule has 0 bridgehead atoms. The third kappa shape index (κ3) is 2.28.